The minimum atomic E-state index is -0.132. The van der Waals surface area contributed by atoms with E-state index in [1.165, 1.54) is 0 Å². The van der Waals surface area contributed by atoms with Gasteiger partial charge in [-0.25, -0.2) is 0 Å². The molecule has 1 aromatic heterocycles. The molecule has 2 atom stereocenters. The van der Waals surface area contributed by atoms with E-state index in [-0.39, 0.29) is 11.9 Å². The third-order valence-electron chi connectivity index (χ3n) is 4.19. The van der Waals surface area contributed by atoms with E-state index in [1.807, 2.05) is 0 Å². The lowest BCUT2D eigenvalue weighted by atomic mass is 10.1. The topological polar surface area (TPSA) is 84.4 Å². The SMILES string of the molecule is C[C@H]1CN(CCN)C[C@@H]1NC(=O)c1cc(C2CC2)on1. The Balaban J connectivity index is 1.57. The van der Waals surface area contributed by atoms with Gasteiger partial charge in [0.05, 0.1) is 0 Å². The standard InChI is InChI=1S/C14H22N4O2/c1-9-7-18(5-4-15)8-12(9)16-14(19)11-6-13(20-17-11)10-2-3-10/h6,9-10,12H,2-5,7-8,15H2,1H3,(H,16,19)/t9-,12-/m0/s1. The zero-order valence-corrected chi connectivity index (χ0v) is 11.8. The van der Waals surface area contributed by atoms with Crippen LogP contribution in [0.15, 0.2) is 10.6 Å². The van der Waals surface area contributed by atoms with Crippen LogP contribution in [-0.2, 0) is 0 Å². The molecule has 0 spiro atoms. The van der Waals surface area contributed by atoms with Gasteiger partial charge in [0.1, 0.15) is 5.76 Å². The Hall–Kier alpha value is -1.40. The number of nitrogens with one attached hydrogen (secondary N) is 1. The number of aromatic nitrogens is 1. The van der Waals surface area contributed by atoms with E-state index in [2.05, 4.69) is 22.3 Å². The third-order valence-corrected chi connectivity index (χ3v) is 4.19. The van der Waals surface area contributed by atoms with E-state index in [4.69, 9.17) is 10.3 Å². The number of hydrogen-bond acceptors (Lipinski definition) is 5. The molecule has 110 valence electrons. The predicted molar refractivity (Wildman–Crippen MR) is 74.4 cm³/mol. The van der Waals surface area contributed by atoms with Crippen molar-refractivity contribution in [2.75, 3.05) is 26.2 Å². The first-order valence-electron chi connectivity index (χ1n) is 7.37. The van der Waals surface area contributed by atoms with Crippen molar-refractivity contribution in [3.05, 3.63) is 17.5 Å². The number of rotatable bonds is 5. The van der Waals surface area contributed by atoms with Crippen molar-refractivity contribution in [3.8, 4) is 0 Å². The lowest BCUT2D eigenvalue weighted by molar-refractivity contribution is 0.0922. The first-order valence-corrected chi connectivity index (χ1v) is 7.37. The fourth-order valence-electron chi connectivity index (χ4n) is 2.82. The van der Waals surface area contributed by atoms with Gasteiger partial charge in [0.15, 0.2) is 5.69 Å². The molecular formula is C14H22N4O2. The molecular weight excluding hydrogens is 256 g/mol. The summed E-state index contributed by atoms with van der Waals surface area (Å²) in [6.07, 6.45) is 2.29. The van der Waals surface area contributed by atoms with Gasteiger partial charge in [-0.1, -0.05) is 12.1 Å². The summed E-state index contributed by atoms with van der Waals surface area (Å²) in [4.78, 5) is 14.5. The lowest BCUT2D eigenvalue weighted by Gasteiger charge is -2.15. The van der Waals surface area contributed by atoms with Gasteiger partial charge >= 0.3 is 0 Å². The second-order valence-corrected chi connectivity index (χ2v) is 5.99. The molecule has 2 aliphatic rings. The van der Waals surface area contributed by atoms with Gasteiger partial charge in [0.25, 0.3) is 5.91 Å². The van der Waals surface area contributed by atoms with Gasteiger partial charge in [0.2, 0.25) is 0 Å². The van der Waals surface area contributed by atoms with Crippen molar-refractivity contribution in [2.24, 2.45) is 11.7 Å². The number of carbonyl (C=O) groups excluding carboxylic acids is 1. The Labute approximate surface area is 118 Å². The zero-order valence-electron chi connectivity index (χ0n) is 11.8. The minimum Gasteiger partial charge on any atom is -0.360 e. The van der Waals surface area contributed by atoms with Gasteiger partial charge < -0.3 is 15.6 Å². The molecule has 1 saturated carbocycles. The number of nitrogens with zero attached hydrogens (tertiary/aromatic N) is 2. The Morgan fingerprint density at radius 2 is 2.35 bits per heavy atom. The molecule has 0 aromatic carbocycles. The highest BCUT2D eigenvalue weighted by atomic mass is 16.5. The molecule has 20 heavy (non-hydrogen) atoms. The highest BCUT2D eigenvalue weighted by Crippen LogP contribution is 2.40. The number of nitrogens with two attached hydrogens (primary N) is 1. The third kappa shape index (κ3) is 2.86. The van der Waals surface area contributed by atoms with Crippen LogP contribution in [0.25, 0.3) is 0 Å². The molecule has 1 aromatic rings. The van der Waals surface area contributed by atoms with Crippen molar-refractivity contribution < 1.29 is 9.32 Å². The average Bonchev–Trinajstić information content (AvgIpc) is 3.05. The molecule has 3 rings (SSSR count). The van der Waals surface area contributed by atoms with Crippen LogP contribution in [0.1, 0.15) is 41.9 Å². The first-order chi connectivity index (χ1) is 9.67. The monoisotopic (exact) mass is 278 g/mol. The molecule has 1 saturated heterocycles. The maximum Gasteiger partial charge on any atom is 0.273 e. The second-order valence-electron chi connectivity index (χ2n) is 5.99. The number of likely N-dealkylation sites (tertiary alicyclic amines) is 1. The van der Waals surface area contributed by atoms with Crippen molar-refractivity contribution in [1.82, 2.24) is 15.4 Å². The second kappa shape index (κ2) is 5.54. The van der Waals surface area contributed by atoms with Gasteiger partial charge in [-0.05, 0) is 18.8 Å². The summed E-state index contributed by atoms with van der Waals surface area (Å²) in [5.41, 5.74) is 5.98. The van der Waals surface area contributed by atoms with E-state index in [1.54, 1.807) is 6.07 Å². The molecule has 0 bridgehead atoms. The van der Waals surface area contributed by atoms with Gasteiger partial charge in [-0.15, -0.1) is 0 Å². The minimum absolute atomic E-state index is 0.132. The highest BCUT2D eigenvalue weighted by Gasteiger charge is 2.32. The van der Waals surface area contributed by atoms with E-state index in [0.29, 0.717) is 24.1 Å². The van der Waals surface area contributed by atoms with Crippen molar-refractivity contribution in [1.29, 1.82) is 0 Å². The van der Waals surface area contributed by atoms with Gasteiger partial charge in [0, 0.05) is 44.2 Å². The van der Waals surface area contributed by atoms with Gasteiger partial charge in [-0.2, -0.15) is 0 Å². The summed E-state index contributed by atoms with van der Waals surface area (Å²) in [6, 6.07) is 1.94. The Morgan fingerprint density at radius 1 is 1.55 bits per heavy atom. The summed E-state index contributed by atoms with van der Waals surface area (Å²) < 4.78 is 5.22. The van der Waals surface area contributed by atoms with E-state index >= 15 is 0 Å². The maximum atomic E-state index is 12.2. The fraction of sp³-hybridized carbons (Fsp3) is 0.714. The Morgan fingerprint density at radius 3 is 3.05 bits per heavy atom. The summed E-state index contributed by atoms with van der Waals surface area (Å²) in [5, 5.41) is 6.94. The molecule has 1 aliphatic carbocycles. The number of hydrogen-bond donors (Lipinski definition) is 2. The van der Waals surface area contributed by atoms with Crippen LogP contribution in [0.2, 0.25) is 0 Å². The molecule has 0 unspecified atom stereocenters. The molecule has 2 heterocycles. The van der Waals surface area contributed by atoms with Crippen LogP contribution in [0, 0.1) is 5.92 Å². The summed E-state index contributed by atoms with van der Waals surface area (Å²) >= 11 is 0. The molecule has 3 N–H and O–H groups in total. The summed E-state index contributed by atoms with van der Waals surface area (Å²) in [7, 11) is 0. The quantitative estimate of drug-likeness (QED) is 0.822. The molecule has 0 radical (unpaired) electrons. The molecule has 6 heteroatoms. The van der Waals surface area contributed by atoms with E-state index in [9.17, 15) is 4.79 Å². The van der Waals surface area contributed by atoms with E-state index < -0.39 is 0 Å². The van der Waals surface area contributed by atoms with Crippen molar-refractivity contribution in [3.63, 3.8) is 0 Å². The van der Waals surface area contributed by atoms with Crippen LogP contribution in [0.3, 0.4) is 0 Å². The van der Waals surface area contributed by atoms with Crippen LogP contribution in [-0.4, -0.2) is 48.2 Å². The Bertz CT molecular complexity index is 483. The first kappa shape index (κ1) is 13.6. The highest BCUT2D eigenvalue weighted by molar-refractivity contribution is 5.92. The van der Waals surface area contributed by atoms with Crippen molar-refractivity contribution in [2.45, 2.75) is 31.7 Å². The Kier molecular flexibility index (Phi) is 3.76. The molecule has 1 aliphatic heterocycles. The van der Waals surface area contributed by atoms with Crippen LogP contribution < -0.4 is 11.1 Å². The average molecular weight is 278 g/mol. The fourth-order valence-corrected chi connectivity index (χ4v) is 2.82. The summed E-state index contributed by atoms with van der Waals surface area (Å²) in [6.45, 7) is 5.53. The van der Waals surface area contributed by atoms with E-state index in [0.717, 1.165) is 38.2 Å². The predicted octanol–water partition coefficient (Wildman–Crippen LogP) is 0.561. The molecule has 6 nitrogen and oxygen atoms in total. The zero-order chi connectivity index (χ0) is 14.1. The number of carbonyl (C=O) groups is 1. The molecule has 2 fully saturated rings. The smallest absolute Gasteiger partial charge is 0.273 e. The van der Waals surface area contributed by atoms with Crippen LogP contribution in [0.4, 0.5) is 0 Å². The van der Waals surface area contributed by atoms with Crippen LogP contribution >= 0.6 is 0 Å². The normalized spacial score (nSPS) is 26.9. The van der Waals surface area contributed by atoms with Gasteiger partial charge in [-0.3, -0.25) is 9.69 Å². The largest absolute Gasteiger partial charge is 0.360 e. The summed E-state index contributed by atoms with van der Waals surface area (Å²) in [5.74, 6) is 1.63. The van der Waals surface area contributed by atoms with Crippen LogP contribution in [0.5, 0.6) is 0 Å². The maximum absolute atomic E-state index is 12.2. The number of amides is 1. The molecule has 1 amide bonds. The van der Waals surface area contributed by atoms with Crippen molar-refractivity contribution >= 4 is 5.91 Å². The lowest BCUT2D eigenvalue weighted by Crippen LogP contribution is -2.40.